The highest BCUT2D eigenvalue weighted by molar-refractivity contribution is 5.97. The average molecular weight is 516 g/mol. The minimum atomic E-state index is -0.0000757. The number of hydrogen-bond donors (Lipinski definition) is 1. The van der Waals surface area contributed by atoms with Gasteiger partial charge in [0.05, 0.1) is 38.6 Å². The quantitative estimate of drug-likeness (QED) is 0.463. The predicted molar refractivity (Wildman–Crippen MR) is 142 cm³/mol. The van der Waals surface area contributed by atoms with E-state index >= 15 is 0 Å². The van der Waals surface area contributed by atoms with Crippen molar-refractivity contribution >= 4 is 11.9 Å². The van der Waals surface area contributed by atoms with Gasteiger partial charge in [-0.1, -0.05) is 6.07 Å². The second kappa shape index (κ2) is 11.6. The number of nitrogens with one attached hydrogen (secondary N) is 1. The van der Waals surface area contributed by atoms with Crippen LogP contribution in [0.5, 0.6) is 5.75 Å². The Morgan fingerprint density at radius 3 is 2.74 bits per heavy atom. The van der Waals surface area contributed by atoms with Crippen molar-refractivity contribution in [3.63, 3.8) is 0 Å². The number of anilines is 1. The van der Waals surface area contributed by atoms with E-state index in [9.17, 15) is 10.1 Å². The second-order valence-corrected chi connectivity index (χ2v) is 9.49. The lowest BCUT2D eigenvalue weighted by Gasteiger charge is -2.32. The SMILES string of the molecule is CCOc1cc(CN2CCc3c(CN4CCOCC4)cc(Cn4ccnc4NC)cc3C2=O)ncc1C#N. The van der Waals surface area contributed by atoms with Crippen molar-refractivity contribution in [2.24, 2.45) is 0 Å². The molecule has 1 N–H and O–H groups in total. The molecule has 0 atom stereocenters. The minimum Gasteiger partial charge on any atom is -0.492 e. The van der Waals surface area contributed by atoms with Crippen molar-refractivity contribution in [2.75, 3.05) is 51.8 Å². The Balaban J connectivity index is 1.44. The van der Waals surface area contributed by atoms with E-state index in [-0.39, 0.29) is 5.91 Å². The normalized spacial score (nSPS) is 15.7. The van der Waals surface area contributed by atoms with Crippen molar-refractivity contribution in [1.82, 2.24) is 24.3 Å². The fourth-order valence-electron chi connectivity index (χ4n) is 5.17. The fraction of sp³-hybridized carbons (Fsp3) is 0.429. The van der Waals surface area contributed by atoms with Gasteiger partial charge in [0.25, 0.3) is 5.91 Å². The first-order valence-electron chi connectivity index (χ1n) is 13.0. The van der Waals surface area contributed by atoms with Crippen LogP contribution in [0, 0.1) is 11.3 Å². The molecule has 0 bridgehead atoms. The smallest absolute Gasteiger partial charge is 0.254 e. The standard InChI is InChI=1S/C28H33N7O3/c1-3-38-26-14-23(32-16-22(26)15-29)19-34-6-4-24-21(18-33-8-10-37-11-9-33)12-20(13-25(24)27(34)36)17-35-7-5-31-28(35)30-2/h5,7,12-14,16H,3-4,6,8-11,17-19H2,1-2H3,(H,30,31). The number of imidazole rings is 1. The average Bonchev–Trinajstić information content (AvgIpc) is 3.38. The molecule has 1 aromatic carbocycles. The molecule has 0 unspecified atom stereocenters. The van der Waals surface area contributed by atoms with Gasteiger partial charge in [0.15, 0.2) is 0 Å². The molecule has 0 radical (unpaired) electrons. The summed E-state index contributed by atoms with van der Waals surface area (Å²) in [6, 6.07) is 8.16. The van der Waals surface area contributed by atoms with Crippen LogP contribution in [0.2, 0.25) is 0 Å². The van der Waals surface area contributed by atoms with Gasteiger partial charge in [-0.3, -0.25) is 14.7 Å². The summed E-state index contributed by atoms with van der Waals surface area (Å²) in [5.74, 6) is 1.28. The Hall–Kier alpha value is -3.94. The Labute approximate surface area is 222 Å². The first-order chi connectivity index (χ1) is 18.6. The van der Waals surface area contributed by atoms with Crippen LogP contribution in [0.3, 0.4) is 0 Å². The van der Waals surface area contributed by atoms with Crippen LogP contribution in [0.1, 0.15) is 45.2 Å². The van der Waals surface area contributed by atoms with Crippen LogP contribution in [-0.4, -0.2) is 76.7 Å². The number of ether oxygens (including phenoxy) is 2. The number of benzene rings is 1. The fourth-order valence-corrected chi connectivity index (χ4v) is 5.17. The molecule has 0 saturated carbocycles. The van der Waals surface area contributed by atoms with Crippen molar-refractivity contribution in [2.45, 2.75) is 33.0 Å². The van der Waals surface area contributed by atoms with Gasteiger partial charge in [-0.2, -0.15) is 5.26 Å². The highest BCUT2D eigenvalue weighted by atomic mass is 16.5. The molecule has 10 nitrogen and oxygen atoms in total. The van der Waals surface area contributed by atoms with Crippen LogP contribution < -0.4 is 10.1 Å². The summed E-state index contributed by atoms with van der Waals surface area (Å²) >= 11 is 0. The zero-order chi connectivity index (χ0) is 26.5. The number of rotatable bonds is 9. The number of aromatic nitrogens is 3. The third kappa shape index (κ3) is 5.49. The maximum absolute atomic E-state index is 13.8. The summed E-state index contributed by atoms with van der Waals surface area (Å²) in [5.41, 5.74) is 5.24. The lowest BCUT2D eigenvalue weighted by molar-refractivity contribution is 0.0339. The topological polar surface area (TPSA) is 109 Å². The van der Waals surface area contributed by atoms with Crippen molar-refractivity contribution in [1.29, 1.82) is 5.26 Å². The first kappa shape index (κ1) is 25.7. The van der Waals surface area contributed by atoms with Crippen molar-refractivity contribution in [3.05, 3.63) is 70.3 Å². The van der Waals surface area contributed by atoms with Gasteiger partial charge in [0, 0.05) is 63.4 Å². The van der Waals surface area contributed by atoms with E-state index < -0.39 is 0 Å². The number of nitrogens with zero attached hydrogens (tertiary/aromatic N) is 6. The van der Waals surface area contributed by atoms with Crippen LogP contribution in [0.25, 0.3) is 0 Å². The summed E-state index contributed by atoms with van der Waals surface area (Å²) in [4.78, 5) is 26.8. The molecule has 2 aromatic heterocycles. The highest BCUT2D eigenvalue weighted by Crippen LogP contribution is 2.28. The molecule has 4 heterocycles. The number of morpholine rings is 1. The Morgan fingerprint density at radius 2 is 1.97 bits per heavy atom. The molecule has 1 amide bonds. The summed E-state index contributed by atoms with van der Waals surface area (Å²) in [7, 11) is 1.85. The molecule has 1 saturated heterocycles. The van der Waals surface area contributed by atoms with Crippen LogP contribution in [0.4, 0.5) is 5.95 Å². The van der Waals surface area contributed by atoms with E-state index in [1.54, 1.807) is 12.3 Å². The molecule has 0 spiro atoms. The molecule has 0 aliphatic carbocycles. The number of nitriles is 1. The largest absolute Gasteiger partial charge is 0.492 e. The van der Waals surface area contributed by atoms with Crippen molar-refractivity contribution in [3.8, 4) is 11.8 Å². The van der Waals surface area contributed by atoms with E-state index in [0.29, 0.717) is 43.2 Å². The third-order valence-corrected chi connectivity index (χ3v) is 7.04. The van der Waals surface area contributed by atoms with Gasteiger partial charge in [-0.25, -0.2) is 4.98 Å². The molecule has 2 aliphatic rings. The predicted octanol–water partition coefficient (Wildman–Crippen LogP) is 2.67. The molecule has 5 rings (SSSR count). The summed E-state index contributed by atoms with van der Waals surface area (Å²) in [5, 5.41) is 12.5. The highest BCUT2D eigenvalue weighted by Gasteiger charge is 2.28. The Bertz CT molecular complexity index is 1340. The lowest BCUT2D eigenvalue weighted by Crippen LogP contribution is -2.39. The number of pyridine rings is 1. The monoisotopic (exact) mass is 515 g/mol. The zero-order valence-corrected chi connectivity index (χ0v) is 21.9. The molecule has 1 fully saturated rings. The third-order valence-electron chi connectivity index (χ3n) is 7.04. The molecular weight excluding hydrogens is 482 g/mol. The van der Waals surface area contributed by atoms with E-state index in [1.807, 2.05) is 35.7 Å². The van der Waals surface area contributed by atoms with Gasteiger partial charge in [-0.15, -0.1) is 0 Å². The number of carbonyl (C=O) groups excluding carboxylic acids is 1. The maximum atomic E-state index is 13.8. The molecule has 2 aliphatic heterocycles. The second-order valence-electron chi connectivity index (χ2n) is 9.49. The molecule has 3 aromatic rings. The van der Waals surface area contributed by atoms with Gasteiger partial charge < -0.3 is 24.3 Å². The van der Waals surface area contributed by atoms with Crippen LogP contribution >= 0.6 is 0 Å². The molecular formula is C28H33N7O3. The first-order valence-corrected chi connectivity index (χ1v) is 13.0. The minimum absolute atomic E-state index is 0.0000757. The van der Waals surface area contributed by atoms with Crippen LogP contribution in [0.15, 0.2) is 36.8 Å². The lowest BCUT2D eigenvalue weighted by atomic mass is 9.91. The van der Waals surface area contributed by atoms with Crippen molar-refractivity contribution < 1.29 is 14.3 Å². The van der Waals surface area contributed by atoms with Gasteiger partial charge >= 0.3 is 0 Å². The number of amides is 1. The van der Waals surface area contributed by atoms with E-state index in [1.165, 1.54) is 11.8 Å². The number of carbonyl (C=O) groups is 1. The maximum Gasteiger partial charge on any atom is 0.254 e. The summed E-state index contributed by atoms with van der Waals surface area (Å²) in [6.07, 6.45) is 6.01. The van der Waals surface area contributed by atoms with Gasteiger partial charge in [0.2, 0.25) is 5.95 Å². The van der Waals surface area contributed by atoms with E-state index in [2.05, 4.69) is 32.3 Å². The Kier molecular flexibility index (Phi) is 7.86. The summed E-state index contributed by atoms with van der Waals surface area (Å²) < 4.78 is 13.2. The zero-order valence-electron chi connectivity index (χ0n) is 21.9. The van der Waals surface area contributed by atoms with Gasteiger partial charge in [0.1, 0.15) is 17.4 Å². The van der Waals surface area contributed by atoms with Gasteiger partial charge in [-0.05, 0) is 36.1 Å². The van der Waals surface area contributed by atoms with E-state index in [0.717, 1.165) is 61.9 Å². The van der Waals surface area contributed by atoms with Crippen LogP contribution in [-0.2, 0) is 30.8 Å². The number of fused-ring (bicyclic) bond motifs is 1. The number of hydrogen-bond acceptors (Lipinski definition) is 8. The molecule has 198 valence electrons. The molecule has 10 heteroatoms. The summed E-state index contributed by atoms with van der Waals surface area (Å²) in [6.45, 7) is 7.95. The Morgan fingerprint density at radius 1 is 1.13 bits per heavy atom. The molecule has 38 heavy (non-hydrogen) atoms. The van der Waals surface area contributed by atoms with E-state index in [4.69, 9.17) is 9.47 Å².